The van der Waals surface area contributed by atoms with E-state index in [-0.39, 0.29) is 12.1 Å². The van der Waals surface area contributed by atoms with Crippen molar-refractivity contribution in [2.24, 2.45) is 0 Å². The van der Waals surface area contributed by atoms with Gasteiger partial charge in [0, 0.05) is 40.1 Å². The summed E-state index contributed by atoms with van der Waals surface area (Å²) in [6.07, 6.45) is 0. The van der Waals surface area contributed by atoms with Crippen molar-refractivity contribution in [2.75, 3.05) is 9.80 Å². The summed E-state index contributed by atoms with van der Waals surface area (Å²) in [4.78, 5) is 4.82. The Labute approximate surface area is 365 Å². The van der Waals surface area contributed by atoms with Gasteiger partial charge >= 0.3 is 0 Å². The number of hydrogen-bond donors (Lipinski definition) is 0. The summed E-state index contributed by atoms with van der Waals surface area (Å²) < 4.78 is 7.28. The molecule has 9 aromatic carbocycles. The van der Waals surface area contributed by atoms with Gasteiger partial charge in [-0.15, -0.1) is 0 Å². The predicted octanol–water partition coefficient (Wildman–Crippen LogP) is 13.9. The van der Waals surface area contributed by atoms with Crippen molar-refractivity contribution >= 4 is 57.2 Å². The second-order valence-corrected chi connectivity index (χ2v) is 17.4. The predicted molar refractivity (Wildman–Crippen MR) is 262 cm³/mol. The van der Waals surface area contributed by atoms with E-state index in [0.29, 0.717) is 0 Å². The molecule has 0 fully saturated rings. The molecule has 0 spiro atoms. The Balaban J connectivity index is 1.17. The van der Waals surface area contributed by atoms with Crippen molar-refractivity contribution in [1.82, 2.24) is 0 Å². The third-order valence-corrected chi connectivity index (χ3v) is 12.4. The van der Waals surface area contributed by atoms with Gasteiger partial charge in [0.25, 0.3) is 6.71 Å². The van der Waals surface area contributed by atoms with E-state index in [1.807, 2.05) is 0 Å². The average molecular weight is 797 g/mol. The second-order valence-electron chi connectivity index (χ2n) is 17.4. The fraction of sp³-hybridized carbons (Fsp3) is 0.0690. The summed E-state index contributed by atoms with van der Waals surface area (Å²) in [5, 5.41) is 0. The SMILES string of the molecule is CC(C)(C)c1cc2c3c(c1)N(c1ccc(-c4ccccc4)cc1-c1ccccc1)c1ccc(-c4ccccc4)cc1B3c1ccc(N(c3ccccc3)c3ccccc3)cc1O2. The van der Waals surface area contributed by atoms with Crippen LogP contribution >= 0.6 is 0 Å². The van der Waals surface area contributed by atoms with Gasteiger partial charge in [-0.25, -0.2) is 0 Å². The summed E-state index contributed by atoms with van der Waals surface area (Å²) in [6, 6.07) is 79.0. The van der Waals surface area contributed by atoms with Crippen molar-refractivity contribution in [1.29, 1.82) is 0 Å². The van der Waals surface area contributed by atoms with Crippen LogP contribution in [-0.2, 0) is 5.41 Å². The highest BCUT2D eigenvalue weighted by molar-refractivity contribution is 6.99. The molecule has 0 saturated carbocycles. The normalized spacial score (nSPS) is 12.5. The summed E-state index contributed by atoms with van der Waals surface area (Å²) in [6.45, 7) is 6.81. The molecule has 0 N–H and O–H groups in total. The number of anilines is 6. The first-order valence-corrected chi connectivity index (χ1v) is 21.5. The van der Waals surface area contributed by atoms with Gasteiger partial charge in [-0.2, -0.15) is 0 Å². The van der Waals surface area contributed by atoms with E-state index in [1.165, 1.54) is 49.9 Å². The Kier molecular flexibility index (Phi) is 9.16. The molecule has 4 heteroatoms. The lowest BCUT2D eigenvalue weighted by atomic mass is 9.34. The van der Waals surface area contributed by atoms with Gasteiger partial charge in [-0.05, 0) is 116 Å². The van der Waals surface area contributed by atoms with E-state index in [0.717, 1.165) is 51.1 Å². The molecule has 2 heterocycles. The molecule has 0 amide bonds. The molecule has 62 heavy (non-hydrogen) atoms. The Morgan fingerprint density at radius 1 is 0.403 bits per heavy atom. The molecular weight excluding hydrogens is 751 g/mol. The van der Waals surface area contributed by atoms with Crippen molar-refractivity contribution < 1.29 is 4.74 Å². The van der Waals surface area contributed by atoms with Gasteiger partial charge in [0.2, 0.25) is 0 Å². The van der Waals surface area contributed by atoms with Crippen LogP contribution in [0, 0.1) is 0 Å². The minimum atomic E-state index is -0.146. The average Bonchev–Trinajstić information content (AvgIpc) is 3.32. The van der Waals surface area contributed by atoms with Crippen LogP contribution in [0.5, 0.6) is 11.5 Å². The Bertz CT molecular complexity index is 3030. The zero-order chi connectivity index (χ0) is 41.8. The van der Waals surface area contributed by atoms with Gasteiger partial charge in [0.15, 0.2) is 0 Å². The summed E-state index contributed by atoms with van der Waals surface area (Å²) in [5.41, 5.74) is 18.4. The van der Waals surface area contributed by atoms with Crippen LogP contribution < -0.4 is 30.9 Å². The molecule has 0 unspecified atom stereocenters. The van der Waals surface area contributed by atoms with Crippen molar-refractivity contribution in [3.63, 3.8) is 0 Å². The Hall–Kier alpha value is -7.56. The van der Waals surface area contributed by atoms with E-state index in [1.54, 1.807) is 0 Å². The lowest BCUT2D eigenvalue weighted by Gasteiger charge is -2.42. The molecule has 0 saturated heterocycles. The quantitative estimate of drug-likeness (QED) is 0.149. The zero-order valence-electron chi connectivity index (χ0n) is 35.2. The number of para-hydroxylation sites is 2. The van der Waals surface area contributed by atoms with Gasteiger partial charge < -0.3 is 14.5 Å². The van der Waals surface area contributed by atoms with E-state index in [9.17, 15) is 0 Å². The van der Waals surface area contributed by atoms with Crippen molar-refractivity contribution in [3.05, 3.63) is 224 Å². The number of nitrogens with zero attached hydrogens (tertiary/aromatic N) is 2. The summed E-state index contributed by atoms with van der Waals surface area (Å²) in [5.74, 6) is 1.77. The maximum atomic E-state index is 7.28. The zero-order valence-corrected chi connectivity index (χ0v) is 35.2. The molecule has 0 bridgehead atoms. The monoisotopic (exact) mass is 796 g/mol. The van der Waals surface area contributed by atoms with Crippen LogP contribution in [0.25, 0.3) is 33.4 Å². The van der Waals surface area contributed by atoms with Crippen LogP contribution in [0.2, 0.25) is 0 Å². The molecule has 9 aromatic rings. The third-order valence-electron chi connectivity index (χ3n) is 12.4. The number of ether oxygens (including phenoxy) is 1. The lowest BCUT2D eigenvalue weighted by Crippen LogP contribution is -2.59. The number of benzene rings is 9. The standard InChI is InChI=1S/C58H45BN2O/c1-58(2,3)45-37-54-57-56(38-45)62-55-39-48(60(46-25-15-7-16-26-46)47-27-17-8-18-28-47)31-32-50(55)59(57)51-36-44(41-21-11-5-12-22-41)30-34-53(51)61(54)52-33-29-43(40-19-9-4-10-20-40)35-49(52)42-23-13-6-14-24-42/h4-39H,1-3H3. The molecule has 296 valence electrons. The summed E-state index contributed by atoms with van der Waals surface area (Å²) >= 11 is 0. The van der Waals surface area contributed by atoms with E-state index < -0.39 is 0 Å². The van der Waals surface area contributed by atoms with Crippen LogP contribution in [0.1, 0.15) is 26.3 Å². The fourth-order valence-corrected chi connectivity index (χ4v) is 9.37. The van der Waals surface area contributed by atoms with Gasteiger partial charge in [-0.3, -0.25) is 0 Å². The van der Waals surface area contributed by atoms with Crippen molar-refractivity contribution in [3.8, 4) is 44.9 Å². The molecule has 2 aliphatic rings. The molecule has 0 aliphatic carbocycles. The minimum Gasteiger partial charge on any atom is -0.458 e. The number of fused-ring (bicyclic) bond motifs is 4. The maximum Gasteiger partial charge on any atom is 0.256 e. The fourth-order valence-electron chi connectivity index (χ4n) is 9.37. The van der Waals surface area contributed by atoms with Crippen LogP contribution in [-0.4, -0.2) is 6.71 Å². The molecule has 0 radical (unpaired) electrons. The highest BCUT2D eigenvalue weighted by Crippen LogP contribution is 2.48. The highest BCUT2D eigenvalue weighted by Gasteiger charge is 2.43. The molecule has 2 aliphatic heterocycles. The Morgan fingerprint density at radius 2 is 0.935 bits per heavy atom. The van der Waals surface area contributed by atoms with Crippen LogP contribution in [0.15, 0.2) is 218 Å². The smallest absolute Gasteiger partial charge is 0.256 e. The van der Waals surface area contributed by atoms with Gasteiger partial charge in [0.05, 0.1) is 5.69 Å². The largest absolute Gasteiger partial charge is 0.458 e. The summed E-state index contributed by atoms with van der Waals surface area (Å²) in [7, 11) is 0. The van der Waals surface area contributed by atoms with Crippen LogP contribution in [0.3, 0.4) is 0 Å². The first kappa shape index (κ1) is 37.4. The lowest BCUT2D eigenvalue weighted by molar-refractivity contribution is 0.483. The number of rotatable bonds is 7. The topological polar surface area (TPSA) is 15.7 Å². The molecule has 0 atom stereocenters. The second kappa shape index (κ2) is 15.2. The third kappa shape index (κ3) is 6.56. The van der Waals surface area contributed by atoms with Gasteiger partial charge in [-0.1, -0.05) is 172 Å². The van der Waals surface area contributed by atoms with Crippen molar-refractivity contribution in [2.45, 2.75) is 26.2 Å². The maximum absolute atomic E-state index is 7.28. The molecule has 3 nitrogen and oxygen atoms in total. The minimum absolute atomic E-state index is 0.0765. The molecule has 11 rings (SSSR count). The number of hydrogen-bond acceptors (Lipinski definition) is 3. The molecule has 0 aromatic heterocycles. The molecular formula is C58H45BN2O. The highest BCUT2D eigenvalue weighted by atomic mass is 16.5. The van der Waals surface area contributed by atoms with Crippen LogP contribution in [0.4, 0.5) is 34.1 Å². The Morgan fingerprint density at radius 3 is 1.52 bits per heavy atom. The first-order valence-electron chi connectivity index (χ1n) is 21.5. The van der Waals surface area contributed by atoms with E-state index in [4.69, 9.17) is 4.74 Å². The van der Waals surface area contributed by atoms with E-state index in [2.05, 4.69) is 249 Å². The van der Waals surface area contributed by atoms with E-state index >= 15 is 0 Å². The first-order chi connectivity index (χ1) is 30.4. The van der Waals surface area contributed by atoms with Gasteiger partial charge in [0.1, 0.15) is 11.5 Å².